The summed E-state index contributed by atoms with van der Waals surface area (Å²) in [7, 11) is 0. The molecule has 130 valence electrons. The molecular weight excluding hydrogens is 342 g/mol. The lowest BCUT2D eigenvalue weighted by Crippen LogP contribution is -1.97. The van der Waals surface area contributed by atoms with Gasteiger partial charge in [-0.3, -0.25) is 0 Å². The summed E-state index contributed by atoms with van der Waals surface area (Å²) in [5.41, 5.74) is 6.14. The highest BCUT2D eigenvalue weighted by molar-refractivity contribution is 5.83. The second kappa shape index (κ2) is 7.58. The molecule has 0 aliphatic rings. The van der Waals surface area contributed by atoms with E-state index in [-0.39, 0.29) is 0 Å². The van der Waals surface area contributed by atoms with Crippen molar-refractivity contribution in [3.05, 3.63) is 102 Å². The number of hydrogen-bond donors (Lipinski definition) is 0. The van der Waals surface area contributed by atoms with Gasteiger partial charge in [0.05, 0.1) is 28.6 Å². The highest BCUT2D eigenvalue weighted by Gasteiger charge is 2.16. The minimum absolute atomic E-state index is 0.524. The number of aromatic nitrogens is 1. The van der Waals surface area contributed by atoms with Crippen LogP contribution in [-0.2, 0) is 0 Å². The molecule has 3 heteroatoms. The Kier molecular flexibility index (Phi) is 4.66. The van der Waals surface area contributed by atoms with Crippen molar-refractivity contribution in [1.82, 2.24) is 4.98 Å². The van der Waals surface area contributed by atoms with Crippen LogP contribution in [0.4, 0.5) is 0 Å². The van der Waals surface area contributed by atoms with E-state index in [2.05, 4.69) is 12.1 Å². The van der Waals surface area contributed by atoms with E-state index in [0.717, 1.165) is 27.9 Å². The van der Waals surface area contributed by atoms with E-state index in [0.29, 0.717) is 16.8 Å². The Bertz CT molecular complexity index is 1200. The van der Waals surface area contributed by atoms with Crippen molar-refractivity contribution >= 4 is 0 Å². The fourth-order valence-corrected chi connectivity index (χ4v) is 3.17. The molecule has 1 aromatic heterocycles. The molecule has 3 nitrogen and oxygen atoms in total. The molecule has 0 amide bonds. The van der Waals surface area contributed by atoms with Gasteiger partial charge in [-0.25, -0.2) is 4.98 Å². The van der Waals surface area contributed by atoms with Gasteiger partial charge in [-0.15, -0.1) is 0 Å². The van der Waals surface area contributed by atoms with Crippen LogP contribution in [0.15, 0.2) is 91.0 Å². The summed E-state index contributed by atoms with van der Waals surface area (Å²) in [6.45, 7) is 0. The van der Waals surface area contributed by atoms with Crippen molar-refractivity contribution in [2.75, 3.05) is 0 Å². The molecule has 28 heavy (non-hydrogen) atoms. The molecule has 0 fully saturated rings. The molecule has 0 saturated carbocycles. The van der Waals surface area contributed by atoms with Gasteiger partial charge in [-0.05, 0) is 23.8 Å². The third-order valence-electron chi connectivity index (χ3n) is 4.57. The van der Waals surface area contributed by atoms with E-state index < -0.39 is 0 Å². The Morgan fingerprint density at radius 2 is 1.21 bits per heavy atom. The van der Waals surface area contributed by atoms with Gasteiger partial charge in [0.25, 0.3) is 0 Å². The number of nitrogens with zero attached hydrogens (tertiary/aromatic N) is 3. The molecule has 3 aromatic carbocycles. The van der Waals surface area contributed by atoms with Crippen LogP contribution >= 0.6 is 0 Å². The second-order valence-corrected chi connectivity index (χ2v) is 6.31. The minimum atomic E-state index is 0.524. The Hall–Kier alpha value is -4.21. The van der Waals surface area contributed by atoms with Crippen LogP contribution in [0.5, 0.6) is 0 Å². The molecule has 0 atom stereocenters. The van der Waals surface area contributed by atoms with Crippen molar-refractivity contribution in [2.24, 2.45) is 0 Å². The zero-order valence-electron chi connectivity index (χ0n) is 15.0. The Balaban J connectivity index is 2.01. The van der Waals surface area contributed by atoms with Crippen molar-refractivity contribution in [2.45, 2.75) is 0 Å². The molecule has 4 aromatic rings. The van der Waals surface area contributed by atoms with Crippen molar-refractivity contribution in [3.63, 3.8) is 0 Å². The second-order valence-electron chi connectivity index (χ2n) is 6.31. The molecule has 0 bridgehead atoms. The summed E-state index contributed by atoms with van der Waals surface area (Å²) in [6.07, 6.45) is 0. The lowest BCUT2D eigenvalue weighted by Gasteiger charge is -2.13. The van der Waals surface area contributed by atoms with Crippen LogP contribution in [0.3, 0.4) is 0 Å². The predicted octanol–water partition coefficient (Wildman–Crippen LogP) is 5.83. The van der Waals surface area contributed by atoms with Crippen molar-refractivity contribution < 1.29 is 0 Å². The fraction of sp³-hybridized carbons (Fsp3) is 0. The van der Waals surface area contributed by atoms with Crippen molar-refractivity contribution in [1.29, 1.82) is 10.5 Å². The lowest BCUT2D eigenvalue weighted by atomic mass is 9.94. The monoisotopic (exact) mass is 357 g/mol. The first-order valence-corrected chi connectivity index (χ1v) is 8.86. The van der Waals surface area contributed by atoms with Crippen LogP contribution in [0, 0.1) is 22.7 Å². The molecule has 0 N–H and O–H groups in total. The topological polar surface area (TPSA) is 60.5 Å². The van der Waals surface area contributed by atoms with Crippen LogP contribution in [0.1, 0.15) is 11.1 Å². The van der Waals surface area contributed by atoms with Gasteiger partial charge in [-0.2, -0.15) is 10.5 Å². The van der Waals surface area contributed by atoms with Crippen molar-refractivity contribution in [3.8, 4) is 45.8 Å². The van der Waals surface area contributed by atoms with Gasteiger partial charge in [0.1, 0.15) is 6.07 Å². The maximum atomic E-state index is 9.94. The quantitative estimate of drug-likeness (QED) is 0.464. The van der Waals surface area contributed by atoms with Crippen LogP contribution in [-0.4, -0.2) is 4.98 Å². The molecule has 0 aliphatic carbocycles. The van der Waals surface area contributed by atoms with Gasteiger partial charge in [0.15, 0.2) is 0 Å². The van der Waals surface area contributed by atoms with Gasteiger partial charge >= 0.3 is 0 Å². The van der Waals surface area contributed by atoms with Gasteiger partial charge in [0, 0.05) is 16.7 Å². The summed E-state index contributed by atoms with van der Waals surface area (Å²) < 4.78 is 0. The van der Waals surface area contributed by atoms with Gasteiger partial charge < -0.3 is 0 Å². The first-order chi connectivity index (χ1) is 13.8. The molecule has 1 heterocycles. The average molecular weight is 357 g/mol. The summed E-state index contributed by atoms with van der Waals surface area (Å²) in [5.74, 6) is 0. The zero-order chi connectivity index (χ0) is 19.3. The van der Waals surface area contributed by atoms with Crippen LogP contribution in [0.25, 0.3) is 33.6 Å². The summed E-state index contributed by atoms with van der Waals surface area (Å²) in [6, 6.07) is 33.4. The Labute approximate surface area is 163 Å². The third-order valence-corrected chi connectivity index (χ3v) is 4.57. The molecule has 0 saturated heterocycles. The molecule has 0 spiro atoms. The Morgan fingerprint density at radius 1 is 0.607 bits per heavy atom. The van der Waals surface area contributed by atoms with Gasteiger partial charge in [0.2, 0.25) is 0 Å². The third kappa shape index (κ3) is 3.26. The van der Waals surface area contributed by atoms with E-state index in [1.165, 1.54) is 0 Å². The number of benzene rings is 3. The van der Waals surface area contributed by atoms with Gasteiger partial charge in [-0.1, -0.05) is 72.8 Å². The number of rotatable bonds is 3. The van der Waals surface area contributed by atoms with E-state index in [1.54, 1.807) is 12.1 Å². The molecular formula is C25H15N3. The normalized spacial score (nSPS) is 10.1. The maximum Gasteiger partial charge on any atom is 0.102 e. The lowest BCUT2D eigenvalue weighted by molar-refractivity contribution is 1.30. The Morgan fingerprint density at radius 3 is 1.79 bits per heavy atom. The summed E-state index contributed by atoms with van der Waals surface area (Å²) in [5, 5.41) is 19.0. The first-order valence-electron chi connectivity index (χ1n) is 8.86. The van der Waals surface area contributed by atoms with E-state index in [1.807, 2.05) is 78.9 Å². The van der Waals surface area contributed by atoms with E-state index in [9.17, 15) is 5.26 Å². The minimum Gasteiger partial charge on any atom is -0.246 e. The van der Waals surface area contributed by atoms with E-state index in [4.69, 9.17) is 10.2 Å². The first kappa shape index (κ1) is 17.2. The largest absolute Gasteiger partial charge is 0.246 e. The van der Waals surface area contributed by atoms with E-state index >= 15 is 0 Å². The summed E-state index contributed by atoms with van der Waals surface area (Å²) in [4.78, 5) is 4.83. The predicted molar refractivity (Wildman–Crippen MR) is 110 cm³/mol. The molecule has 0 unspecified atom stereocenters. The highest BCUT2D eigenvalue weighted by atomic mass is 14.7. The van der Waals surface area contributed by atoms with Crippen LogP contribution < -0.4 is 0 Å². The number of pyridine rings is 1. The zero-order valence-corrected chi connectivity index (χ0v) is 15.0. The molecule has 0 aliphatic heterocycles. The molecule has 4 rings (SSSR count). The highest BCUT2D eigenvalue weighted by Crippen LogP contribution is 2.34. The standard InChI is InChI=1S/C25H15N3/c26-16-18-11-13-19(14-12-18)22-15-24(20-7-3-1-4-8-20)28-25(23(22)17-27)21-9-5-2-6-10-21/h1-15H. The smallest absolute Gasteiger partial charge is 0.102 e. The number of nitriles is 2. The van der Waals surface area contributed by atoms with Crippen LogP contribution in [0.2, 0.25) is 0 Å². The average Bonchev–Trinajstić information content (AvgIpc) is 2.79. The SMILES string of the molecule is N#Cc1ccc(-c2cc(-c3ccccc3)nc(-c3ccccc3)c2C#N)cc1. The maximum absolute atomic E-state index is 9.94. The summed E-state index contributed by atoms with van der Waals surface area (Å²) >= 11 is 0. The number of hydrogen-bond acceptors (Lipinski definition) is 3. The molecule has 0 radical (unpaired) electrons. The fourth-order valence-electron chi connectivity index (χ4n) is 3.17.